The number of ether oxygens (including phenoxy) is 1. The molecule has 362 valence electrons. The van der Waals surface area contributed by atoms with Gasteiger partial charge in [0.15, 0.2) is 0 Å². The van der Waals surface area contributed by atoms with Crippen LogP contribution in [0.5, 0.6) is 0 Å². The molecule has 0 aliphatic rings. The van der Waals surface area contributed by atoms with Crippen molar-refractivity contribution in [1.82, 2.24) is 5.32 Å². The largest absolute Gasteiger partial charge is 0.466 e. The van der Waals surface area contributed by atoms with Crippen LogP contribution in [0.4, 0.5) is 0 Å². The van der Waals surface area contributed by atoms with Gasteiger partial charge in [0, 0.05) is 12.8 Å². The molecule has 0 rings (SSSR count). The van der Waals surface area contributed by atoms with Crippen molar-refractivity contribution in [1.29, 1.82) is 0 Å². The first kappa shape index (κ1) is 59.6. The number of hydrogen-bond donors (Lipinski definition) is 3. The molecule has 2 unspecified atom stereocenters. The molecule has 0 aliphatic heterocycles. The monoisotopic (exact) mass is 862 g/mol. The molecule has 6 heteroatoms. The molecule has 3 N–H and O–H groups in total. The predicted molar refractivity (Wildman–Crippen MR) is 264 cm³/mol. The Balaban J connectivity index is 3.49. The van der Waals surface area contributed by atoms with Gasteiger partial charge in [0.25, 0.3) is 0 Å². The molecule has 0 bridgehead atoms. The first-order chi connectivity index (χ1) is 30.0. The van der Waals surface area contributed by atoms with E-state index >= 15 is 0 Å². The lowest BCUT2D eigenvalue weighted by Gasteiger charge is -2.20. The molecule has 0 heterocycles. The highest BCUT2D eigenvalue weighted by molar-refractivity contribution is 5.76. The van der Waals surface area contributed by atoms with E-state index in [-0.39, 0.29) is 18.5 Å². The quantitative estimate of drug-likeness (QED) is 0.0322. The summed E-state index contributed by atoms with van der Waals surface area (Å²) in [6.07, 6.45) is 59.3. The van der Waals surface area contributed by atoms with E-state index in [1.807, 2.05) is 6.08 Å². The zero-order valence-corrected chi connectivity index (χ0v) is 41.2. The van der Waals surface area contributed by atoms with Crippen LogP contribution in [0.15, 0.2) is 12.2 Å². The van der Waals surface area contributed by atoms with Crippen molar-refractivity contribution in [3.05, 3.63) is 12.2 Å². The van der Waals surface area contributed by atoms with Crippen molar-refractivity contribution in [3.8, 4) is 0 Å². The highest BCUT2D eigenvalue weighted by Gasteiger charge is 2.18. The zero-order valence-electron chi connectivity index (χ0n) is 41.2. The highest BCUT2D eigenvalue weighted by Crippen LogP contribution is 2.17. The molecule has 2 atom stereocenters. The number of carbonyl (C=O) groups excluding carboxylic acids is 2. The Kier molecular flexibility index (Phi) is 50.1. The number of unbranched alkanes of at least 4 members (excludes halogenated alkanes) is 40. The normalized spacial score (nSPS) is 12.7. The average molecular weight is 862 g/mol. The molecule has 0 radical (unpaired) electrons. The summed E-state index contributed by atoms with van der Waals surface area (Å²) in [6.45, 7) is 4.89. The van der Waals surface area contributed by atoms with Gasteiger partial charge in [-0.1, -0.05) is 270 Å². The topological polar surface area (TPSA) is 95.9 Å². The van der Waals surface area contributed by atoms with E-state index < -0.39 is 12.1 Å². The molecule has 0 saturated heterocycles. The molecular formula is C55H107NO5. The van der Waals surface area contributed by atoms with E-state index in [4.69, 9.17) is 4.74 Å². The molecule has 0 saturated carbocycles. The third-order valence-corrected chi connectivity index (χ3v) is 12.8. The number of aliphatic hydroxyl groups excluding tert-OH is 2. The lowest BCUT2D eigenvalue weighted by molar-refractivity contribution is -0.143. The van der Waals surface area contributed by atoms with E-state index in [1.54, 1.807) is 6.08 Å². The molecule has 0 aromatic rings. The molecule has 0 aliphatic carbocycles. The van der Waals surface area contributed by atoms with E-state index in [0.717, 1.165) is 57.8 Å². The Morgan fingerprint density at radius 1 is 0.443 bits per heavy atom. The molecule has 0 aromatic heterocycles. The van der Waals surface area contributed by atoms with E-state index in [1.165, 1.54) is 218 Å². The first-order valence-electron chi connectivity index (χ1n) is 27.5. The maximum Gasteiger partial charge on any atom is 0.305 e. The van der Waals surface area contributed by atoms with E-state index in [9.17, 15) is 19.8 Å². The second-order valence-corrected chi connectivity index (χ2v) is 18.9. The standard InChI is InChI=1S/C55H107NO5/c1-3-5-7-9-11-13-15-17-18-19-20-21-22-24-27-31-35-39-43-47-53(58)52(51-57)56-54(59)48-44-40-36-32-28-25-26-30-34-38-42-46-50-61-55(60)49-45-41-37-33-29-23-16-14-12-10-8-6-4-2/h43,47,52-53,57-58H,3-42,44-46,48-51H2,1-2H3,(H,56,59)/b47-43+. The first-order valence-corrected chi connectivity index (χ1v) is 27.5. The maximum atomic E-state index is 12.5. The van der Waals surface area contributed by atoms with Gasteiger partial charge < -0.3 is 20.3 Å². The zero-order chi connectivity index (χ0) is 44.4. The fourth-order valence-electron chi connectivity index (χ4n) is 8.58. The van der Waals surface area contributed by atoms with Crippen LogP contribution in [-0.2, 0) is 14.3 Å². The summed E-state index contributed by atoms with van der Waals surface area (Å²) in [7, 11) is 0. The Bertz CT molecular complexity index is 909. The van der Waals surface area contributed by atoms with Gasteiger partial charge in [0.1, 0.15) is 0 Å². The van der Waals surface area contributed by atoms with Crippen molar-refractivity contribution < 1.29 is 24.5 Å². The van der Waals surface area contributed by atoms with Crippen molar-refractivity contribution in [2.75, 3.05) is 13.2 Å². The van der Waals surface area contributed by atoms with E-state index in [0.29, 0.717) is 19.4 Å². The van der Waals surface area contributed by atoms with Gasteiger partial charge in [-0.05, 0) is 32.1 Å². The third-order valence-electron chi connectivity index (χ3n) is 12.8. The number of aliphatic hydroxyl groups is 2. The highest BCUT2D eigenvalue weighted by atomic mass is 16.5. The van der Waals surface area contributed by atoms with Crippen LogP contribution < -0.4 is 5.32 Å². The predicted octanol–water partition coefficient (Wildman–Crippen LogP) is 16.5. The Hall–Kier alpha value is -1.40. The molecular weight excluding hydrogens is 755 g/mol. The number of amides is 1. The van der Waals surface area contributed by atoms with Gasteiger partial charge in [0.2, 0.25) is 5.91 Å². The van der Waals surface area contributed by atoms with Gasteiger partial charge in [-0.2, -0.15) is 0 Å². The molecule has 0 fully saturated rings. The SMILES string of the molecule is CCCCCCCCCCCCCCCCCCC/C=C/C(O)C(CO)NC(=O)CCCCCCCCCCCCCCOC(=O)CCCCCCCCCCCCCCC. The lowest BCUT2D eigenvalue weighted by Crippen LogP contribution is -2.45. The summed E-state index contributed by atoms with van der Waals surface area (Å²) in [4.78, 5) is 24.5. The number of carbonyl (C=O) groups is 2. The maximum absolute atomic E-state index is 12.5. The van der Waals surface area contributed by atoms with Crippen LogP contribution in [0.3, 0.4) is 0 Å². The fraction of sp³-hybridized carbons (Fsp3) is 0.927. The summed E-state index contributed by atoms with van der Waals surface area (Å²) >= 11 is 0. The van der Waals surface area contributed by atoms with Gasteiger partial charge in [-0.3, -0.25) is 9.59 Å². The van der Waals surface area contributed by atoms with Crippen LogP contribution in [0, 0.1) is 0 Å². The number of hydrogen-bond acceptors (Lipinski definition) is 5. The Morgan fingerprint density at radius 3 is 1.11 bits per heavy atom. The van der Waals surface area contributed by atoms with E-state index in [2.05, 4.69) is 19.2 Å². The second-order valence-electron chi connectivity index (χ2n) is 18.9. The average Bonchev–Trinajstić information content (AvgIpc) is 3.26. The summed E-state index contributed by atoms with van der Waals surface area (Å²) in [5.41, 5.74) is 0. The van der Waals surface area contributed by atoms with Crippen molar-refractivity contribution in [2.24, 2.45) is 0 Å². The van der Waals surface area contributed by atoms with Gasteiger partial charge in [-0.25, -0.2) is 0 Å². The number of nitrogens with one attached hydrogen (secondary N) is 1. The Labute approximate surface area is 380 Å². The third kappa shape index (κ3) is 47.9. The molecule has 0 aromatic carbocycles. The Morgan fingerprint density at radius 2 is 0.754 bits per heavy atom. The molecule has 6 nitrogen and oxygen atoms in total. The summed E-state index contributed by atoms with van der Waals surface area (Å²) in [5, 5.41) is 23.1. The molecule has 61 heavy (non-hydrogen) atoms. The van der Waals surface area contributed by atoms with Crippen molar-refractivity contribution in [3.63, 3.8) is 0 Å². The number of rotatable bonds is 51. The summed E-state index contributed by atoms with van der Waals surface area (Å²) in [5.74, 6) is -0.0894. The van der Waals surface area contributed by atoms with Crippen LogP contribution in [0.2, 0.25) is 0 Å². The van der Waals surface area contributed by atoms with Crippen LogP contribution in [-0.4, -0.2) is 47.4 Å². The number of allylic oxidation sites excluding steroid dienone is 1. The van der Waals surface area contributed by atoms with Crippen LogP contribution >= 0.6 is 0 Å². The minimum atomic E-state index is -0.854. The van der Waals surface area contributed by atoms with Crippen LogP contribution in [0.25, 0.3) is 0 Å². The molecule has 1 amide bonds. The van der Waals surface area contributed by atoms with Crippen LogP contribution in [0.1, 0.15) is 303 Å². The smallest absolute Gasteiger partial charge is 0.305 e. The lowest BCUT2D eigenvalue weighted by atomic mass is 10.0. The van der Waals surface area contributed by atoms with Gasteiger partial charge in [0.05, 0.1) is 25.4 Å². The fourth-order valence-corrected chi connectivity index (χ4v) is 8.58. The minimum Gasteiger partial charge on any atom is -0.466 e. The minimum absolute atomic E-state index is 0.00870. The number of esters is 1. The summed E-state index contributed by atoms with van der Waals surface area (Å²) < 4.78 is 5.46. The summed E-state index contributed by atoms with van der Waals surface area (Å²) in [6, 6.07) is -0.638. The van der Waals surface area contributed by atoms with Crippen molar-refractivity contribution in [2.45, 2.75) is 315 Å². The van der Waals surface area contributed by atoms with Gasteiger partial charge >= 0.3 is 5.97 Å². The van der Waals surface area contributed by atoms with Gasteiger partial charge in [-0.15, -0.1) is 0 Å². The molecule has 0 spiro atoms. The van der Waals surface area contributed by atoms with Crippen molar-refractivity contribution >= 4 is 11.9 Å². The second kappa shape index (κ2) is 51.2.